The molecule has 1 aromatic heterocycles. The minimum absolute atomic E-state index is 0.0827. The molecular weight excluding hydrogens is 470 g/mol. The highest BCUT2D eigenvalue weighted by molar-refractivity contribution is 5.99. The Morgan fingerprint density at radius 2 is 1.62 bits per heavy atom. The molecule has 196 valence electrons. The van der Waals surface area contributed by atoms with E-state index in [0.717, 1.165) is 73.1 Å². The number of fused-ring (bicyclic) bond motifs is 2. The molecule has 8 nitrogen and oxygen atoms in total. The Labute approximate surface area is 218 Å². The molecule has 2 aliphatic heterocycles. The van der Waals surface area contributed by atoms with Crippen molar-refractivity contribution in [3.05, 3.63) is 53.3 Å². The van der Waals surface area contributed by atoms with Gasteiger partial charge in [-0.2, -0.15) is 0 Å². The van der Waals surface area contributed by atoms with Gasteiger partial charge in [0.15, 0.2) is 23.0 Å². The molecule has 0 saturated carbocycles. The molecule has 2 aromatic carbocycles. The van der Waals surface area contributed by atoms with Gasteiger partial charge in [0.05, 0.1) is 28.4 Å². The number of rotatable bonds is 9. The average molecular weight is 506 g/mol. The van der Waals surface area contributed by atoms with Crippen LogP contribution < -0.4 is 18.9 Å². The van der Waals surface area contributed by atoms with Crippen LogP contribution in [0.5, 0.6) is 23.0 Å². The zero-order valence-corrected chi connectivity index (χ0v) is 22.1. The van der Waals surface area contributed by atoms with Crippen LogP contribution in [-0.2, 0) is 13.0 Å². The van der Waals surface area contributed by atoms with Crippen LogP contribution >= 0.6 is 0 Å². The van der Waals surface area contributed by atoms with E-state index in [1.54, 1.807) is 28.4 Å². The van der Waals surface area contributed by atoms with Crippen molar-refractivity contribution in [1.29, 1.82) is 0 Å². The number of nitrogens with zero attached hydrogens (tertiary/aromatic N) is 3. The summed E-state index contributed by atoms with van der Waals surface area (Å²) in [4.78, 5) is 22.1. The summed E-state index contributed by atoms with van der Waals surface area (Å²) in [5.41, 5.74) is 2.93. The highest BCUT2D eigenvalue weighted by Gasteiger charge is 2.32. The van der Waals surface area contributed by atoms with Crippen LogP contribution in [0.2, 0.25) is 0 Å². The summed E-state index contributed by atoms with van der Waals surface area (Å²) >= 11 is 0. The number of likely N-dealkylation sites (tertiary alicyclic amines) is 1. The highest BCUT2D eigenvalue weighted by Crippen LogP contribution is 2.36. The lowest BCUT2D eigenvalue weighted by molar-refractivity contribution is 0.0703. The van der Waals surface area contributed by atoms with Crippen molar-refractivity contribution >= 4 is 16.7 Å². The van der Waals surface area contributed by atoms with E-state index >= 15 is 0 Å². The third kappa shape index (κ3) is 5.03. The maximum Gasteiger partial charge on any atom is 0.254 e. The predicted octanol–water partition coefficient (Wildman–Crippen LogP) is 4.18. The number of benzene rings is 2. The highest BCUT2D eigenvalue weighted by atomic mass is 16.5. The van der Waals surface area contributed by atoms with E-state index in [0.29, 0.717) is 29.7 Å². The maximum atomic E-state index is 13.1. The van der Waals surface area contributed by atoms with Gasteiger partial charge in [-0.15, -0.1) is 0 Å². The van der Waals surface area contributed by atoms with E-state index in [1.165, 1.54) is 5.56 Å². The van der Waals surface area contributed by atoms with Crippen molar-refractivity contribution in [2.45, 2.75) is 25.8 Å². The van der Waals surface area contributed by atoms with Gasteiger partial charge in [-0.25, -0.2) is 0 Å². The molecule has 0 spiro atoms. The molecule has 1 saturated heterocycles. The summed E-state index contributed by atoms with van der Waals surface area (Å²) in [7, 11) is 6.53. The van der Waals surface area contributed by atoms with Gasteiger partial charge in [-0.1, -0.05) is 0 Å². The summed E-state index contributed by atoms with van der Waals surface area (Å²) in [5, 5.41) is 2.19. The van der Waals surface area contributed by atoms with Crippen molar-refractivity contribution in [1.82, 2.24) is 14.8 Å². The molecule has 3 heterocycles. The molecule has 5 rings (SSSR count). The summed E-state index contributed by atoms with van der Waals surface area (Å²) in [6, 6.07) is 7.77. The van der Waals surface area contributed by atoms with Gasteiger partial charge in [-0.3, -0.25) is 9.78 Å². The van der Waals surface area contributed by atoms with Crippen molar-refractivity contribution in [3.8, 4) is 23.0 Å². The van der Waals surface area contributed by atoms with Gasteiger partial charge in [0, 0.05) is 49.5 Å². The fraction of sp³-hybridized carbons (Fsp3) is 0.448. The Morgan fingerprint density at radius 3 is 2.38 bits per heavy atom. The standard InChI is InChI=1S/C29H35N3O5/c1-34-25-10-21-15-30-14-20(23(21)12-27(25)36-3)7-9-31-8-5-6-19(16-31)17-32-18-22-11-26(35-2)28(37-4)13-24(22)29(32)33/h10-15,19H,5-9,16-18H2,1-4H3. The van der Waals surface area contributed by atoms with Crippen LogP contribution in [0.3, 0.4) is 0 Å². The van der Waals surface area contributed by atoms with Crippen LogP contribution in [0.1, 0.15) is 34.3 Å². The van der Waals surface area contributed by atoms with Crippen LogP contribution in [0.4, 0.5) is 0 Å². The first-order chi connectivity index (χ1) is 18.0. The smallest absolute Gasteiger partial charge is 0.254 e. The summed E-state index contributed by atoms with van der Waals surface area (Å²) in [6.07, 6.45) is 7.00. The van der Waals surface area contributed by atoms with E-state index in [-0.39, 0.29) is 5.91 Å². The molecule has 1 fully saturated rings. The number of piperidine rings is 1. The van der Waals surface area contributed by atoms with E-state index in [1.807, 2.05) is 41.6 Å². The molecule has 0 radical (unpaired) electrons. The fourth-order valence-electron chi connectivity index (χ4n) is 5.70. The molecular formula is C29H35N3O5. The first-order valence-corrected chi connectivity index (χ1v) is 12.8. The van der Waals surface area contributed by atoms with Crippen LogP contribution in [0.25, 0.3) is 10.8 Å². The first kappa shape index (κ1) is 25.1. The zero-order chi connectivity index (χ0) is 25.9. The molecule has 0 bridgehead atoms. The summed E-state index contributed by atoms with van der Waals surface area (Å²) in [6.45, 7) is 4.41. The molecule has 1 amide bonds. The Morgan fingerprint density at radius 1 is 0.919 bits per heavy atom. The average Bonchev–Trinajstić information content (AvgIpc) is 3.23. The van der Waals surface area contributed by atoms with Gasteiger partial charge in [0.2, 0.25) is 0 Å². The molecule has 1 atom stereocenters. The van der Waals surface area contributed by atoms with Gasteiger partial charge < -0.3 is 28.7 Å². The minimum atomic E-state index is 0.0827. The second kappa shape index (κ2) is 10.8. The third-order valence-corrected chi connectivity index (χ3v) is 7.61. The lowest BCUT2D eigenvalue weighted by Gasteiger charge is -2.34. The lowest BCUT2D eigenvalue weighted by Crippen LogP contribution is -2.41. The molecule has 2 aliphatic rings. The van der Waals surface area contributed by atoms with E-state index in [2.05, 4.69) is 9.88 Å². The third-order valence-electron chi connectivity index (χ3n) is 7.61. The number of hydrogen-bond acceptors (Lipinski definition) is 7. The molecule has 37 heavy (non-hydrogen) atoms. The maximum absolute atomic E-state index is 13.1. The normalized spacial score (nSPS) is 17.7. The van der Waals surface area contributed by atoms with Gasteiger partial charge in [0.1, 0.15) is 0 Å². The molecule has 1 unspecified atom stereocenters. The van der Waals surface area contributed by atoms with Crippen LogP contribution in [0.15, 0.2) is 36.7 Å². The van der Waals surface area contributed by atoms with Gasteiger partial charge in [0.25, 0.3) is 5.91 Å². The van der Waals surface area contributed by atoms with Crippen LogP contribution in [-0.4, -0.2) is 75.3 Å². The topological polar surface area (TPSA) is 73.4 Å². The number of hydrogen-bond donors (Lipinski definition) is 0. The molecule has 0 aliphatic carbocycles. The SMILES string of the molecule is COc1cc2c(cc1OC)C(=O)N(CC1CCCN(CCc3cncc4cc(OC)c(OC)cc34)C1)C2. The second-order valence-corrected chi connectivity index (χ2v) is 9.84. The summed E-state index contributed by atoms with van der Waals surface area (Å²) in [5.74, 6) is 3.23. The molecule has 8 heteroatoms. The first-order valence-electron chi connectivity index (χ1n) is 12.8. The predicted molar refractivity (Wildman–Crippen MR) is 142 cm³/mol. The summed E-state index contributed by atoms with van der Waals surface area (Å²) < 4.78 is 21.8. The van der Waals surface area contributed by atoms with E-state index < -0.39 is 0 Å². The number of pyridine rings is 1. The number of carbonyl (C=O) groups excluding carboxylic acids is 1. The van der Waals surface area contributed by atoms with Crippen LogP contribution in [0, 0.1) is 5.92 Å². The van der Waals surface area contributed by atoms with E-state index in [9.17, 15) is 4.79 Å². The number of methoxy groups -OCH3 is 4. The fourth-order valence-corrected chi connectivity index (χ4v) is 5.70. The number of carbonyl (C=O) groups is 1. The number of ether oxygens (including phenoxy) is 4. The quantitative estimate of drug-likeness (QED) is 0.432. The molecule has 3 aromatic rings. The second-order valence-electron chi connectivity index (χ2n) is 9.84. The zero-order valence-electron chi connectivity index (χ0n) is 22.1. The Balaban J connectivity index is 1.23. The van der Waals surface area contributed by atoms with Gasteiger partial charge >= 0.3 is 0 Å². The Bertz CT molecular complexity index is 1290. The van der Waals surface area contributed by atoms with E-state index in [4.69, 9.17) is 18.9 Å². The number of amides is 1. The van der Waals surface area contributed by atoms with Crippen molar-refractivity contribution in [3.63, 3.8) is 0 Å². The minimum Gasteiger partial charge on any atom is -0.493 e. The molecule has 0 N–H and O–H groups in total. The largest absolute Gasteiger partial charge is 0.493 e. The van der Waals surface area contributed by atoms with Crippen molar-refractivity contribution in [2.75, 3.05) is 54.6 Å². The monoisotopic (exact) mass is 505 g/mol. The number of aromatic nitrogens is 1. The van der Waals surface area contributed by atoms with Crippen molar-refractivity contribution in [2.24, 2.45) is 5.92 Å². The lowest BCUT2D eigenvalue weighted by atomic mass is 9.96. The van der Waals surface area contributed by atoms with Gasteiger partial charge in [-0.05, 0) is 72.5 Å². The Kier molecular flexibility index (Phi) is 7.37. The Hall–Kier alpha value is -3.52. The van der Waals surface area contributed by atoms with Crippen molar-refractivity contribution < 1.29 is 23.7 Å².